The molecule has 128 valence electrons. The van der Waals surface area contributed by atoms with Crippen molar-refractivity contribution in [1.29, 1.82) is 0 Å². The lowest BCUT2D eigenvalue weighted by molar-refractivity contribution is 0.0949. The molecule has 0 aliphatic rings. The molecule has 2 aromatic heterocycles. The van der Waals surface area contributed by atoms with Gasteiger partial charge in [-0.05, 0) is 49.8 Å². The highest BCUT2D eigenvalue weighted by Crippen LogP contribution is 2.34. The molecule has 3 aromatic rings. The van der Waals surface area contributed by atoms with E-state index < -0.39 is 0 Å². The van der Waals surface area contributed by atoms with Crippen molar-refractivity contribution < 1.29 is 4.79 Å². The number of benzene rings is 1. The fourth-order valence-electron chi connectivity index (χ4n) is 2.49. The second-order valence-corrected chi connectivity index (χ2v) is 6.91. The number of thiophene rings is 1. The number of nitrogen functional groups attached to an aromatic ring is 1. The lowest BCUT2D eigenvalue weighted by Crippen LogP contribution is -2.43. The Hall–Kier alpha value is -2.71. The summed E-state index contributed by atoms with van der Waals surface area (Å²) in [5, 5.41) is 4.08. The van der Waals surface area contributed by atoms with Crippen molar-refractivity contribution in [2.45, 2.75) is 13.8 Å². The molecule has 5 N–H and O–H groups in total. The fraction of sp³-hybridized carbons (Fsp3) is 0.118. The number of nitrogens with zero attached hydrogens (tertiary/aromatic N) is 1. The van der Waals surface area contributed by atoms with Gasteiger partial charge in [0, 0.05) is 16.8 Å². The summed E-state index contributed by atoms with van der Waals surface area (Å²) in [5.74, 6) is -0.352. The number of carbonyl (C=O) groups excluding carboxylic acids is 1. The smallest absolute Gasteiger partial charge is 0.281 e. The molecule has 1 amide bonds. The van der Waals surface area contributed by atoms with Crippen molar-refractivity contribution in [2.24, 2.45) is 0 Å². The van der Waals surface area contributed by atoms with Crippen LogP contribution in [0, 0.1) is 13.8 Å². The monoisotopic (exact) mass is 371 g/mol. The van der Waals surface area contributed by atoms with E-state index in [2.05, 4.69) is 21.2 Å². The van der Waals surface area contributed by atoms with Crippen LogP contribution in [0.2, 0.25) is 0 Å². The molecule has 0 spiro atoms. The lowest BCUT2D eigenvalue weighted by Gasteiger charge is -2.11. The highest BCUT2D eigenvalue weighted by molar-refractivity contribution is 7.80. The molecular formula is C17H17N5OS2. The molecule has 3 rings (SSSR count). The number of anilines is 2. The van der Waals surface area contributed by atoms with Gasteiger partial charge in [-0.15, -0.1) is 11.3 Å². The maximum Gasteiger partial charge on any atom is 0.281 e. The summed E-state index contributed by atoms with van der Waals surface area (Å²) in [5.41, 5.74) is 14.6. The second kappa shape index (κ2) is 7.04. The number of aromatic nitrogens is 1. The Bertz CT molecular complexity index is 953. The Kier molecular flexibility index (Phi) is 4.82. The molecule has 0 aliphatic heterocycles. The molecule has 0 radical (unpaired) electrons. The summed E-state index contributed by atoms with van der Waals surface area (Å²) in [6.45, 7) is 3.87. The van der Waals surface area contributed by atoms with Crippen LogP contribution in [0.4, 0.5) is 11.4 Å². The Labute approximate surface area is 154 Å². The van der Waals surface area contributed by atoms with Crippen LogP contribution in [-0.4, -0.2) is 16.0 Å². The van der Waals surface area contributed by atoms with Crippen molar-refractivity contribution in [3.05, 3.63) is 52.5 Å². The molecule has 0 fully saturated rings. The first kappa shape index (κ1) is 17.1. The molecule has 0 saturated heterocycles. The number of hydrazine groups is 1. The van der Waals surface area contributed by atoms with Crippen LogP contribution in [0.25, 0.3) is 10.2 Å². The molecule has 8 heteroatoms. The summed E-state index contributed by atoms with van der Waals surface area (Å²) in [4.78, 5) is 18.0. The van der Waals surface area contributed by atoms with Crippen LogP contribution >= 0.6 is 23.6 Å². The van der Waals surface area contributed by atoms with E-state index in [9.17, 15) is 4.79 Å². The maximum absolute atomic E-state index is 12.4. The number of pyridine rings is 1. The van der Waals surface area contributed by atoms with Gasteiger partial charge >= 0.3 is 0 Å². The average Bonchev–Trinajstić information content (AvgIpc) is 2.90. The Morgan fingerprint density at radius 1 is 1.20 bits per heavy atom. The van der Waals surface area contributed by atoms with Gasteiger partial charge in [-0.2, -0.15) is 0 Å². The normalized spacial score (nSPS) is 10.5. The number of amides is 1. The van der Waals surface area contributed by atoms with Crippen molar-refractivity contribution in [3.8, 4) is 0 Å². The van der Waals surface area contributed by atoms with Crippen molar-refractivity contribution in [2.75, 3.05) is 11.1 Å². The standard InChI is InChI=1S/C17H17N5OS2/c1-9-8-10(2)19-16-12(9)13(18)14(25-16)15(23)21-22-17(24)20-11-6-4-3-5-7-11/h3-8H,18H2,1-2H3,(H,21,23)(H2,20,22,24). The van der Waals surface area contributed by atoms with Crippen LogP contribution in [-0.2, 0) is 0 Å². The van der Waals surface area contributed by atoms with Crippen molar-refractivity contribution in [3.63, 3.8) is 0 Å². The fourth-order valence-corrected chi connectivity index (χ4v) is 3.77. The highest BCUT2D eigenvalue weighted by Gasteiger charge is 2.19. The zero-order valence-corrected chi connectivity index (χ0v) is 15.3. The molecule has 0 bridgehead atoms. The minimum atomic E-state index is -0.352. The van der Waals surface area contributed by atoms with E-state index in [1.807, 2.05) is 50.2 Å². The molecule has 6 nitrogen and oxygen atoms in total. The van der Waals surface area contributed by atoms with Gasteiger partial charge in [-0.1, -0.05) is 18.2 Å². The van der Waals surface area contributed by atoms with Crippen molar-refractivity contribution in [1.82, 2.24) is 15.8 Å². The molecule has 0 aliphatic carbocycles. The number of nitrogens with two attached hydrogens (primary N) is 1. The van der Waals surface area contributed by atoms with Crippen LogP contribution in [0.5, 0.6) is 0 Å². The quantitative estimate of drug-likeness (QED) is 0.409. The van der Waals surface area contributed by atoms with Gasteiger partial charge in [-0.3, -0.25) is 15.6 Å². The topological polar surface area (TPSA) is 92.1 Å². The maximum atomic E-state index is 12.4. The van der Waals surface area contributed by atoms with Crippen molar-refractivity contribution >= 4 is 56.2 Å². The van der Waals surface area contributed by atoms with Gasteiger partial charge in [0.05, 0.1) is 5.69 Å². The predicted molar refractivity (Wildman–Crippen MR) is 107 cm³/mol. The van der Waals surface area contributed by atoms with E-state index in [1.54, 1.807) is 0 Å². The number of carbonyl (C=O) groups is 1. The lowest BCUT2D eigenvalue weighted by atomic mass is 10.1. The number of hydrogen-bond acceptors (Lipinski definition) is 5. The van der Waals surface area contributed by atoms with Gasteiger partial charge < -0.3 is 11.1 Å². The predicted octanol–water partition coefficient (Wildman–Crippen LogP) is 3.13. The molecule has 1 aromatic carbocycles. The number of hydrogen-bond donors (Lipinski definition) is 4. The van der Waals surface area contributed by atoms with E-state index in [0.29, 0.717) is 10.6 Å². The highest BCUT2D eigenvalue weighted by atomic mass is 32.1. The first-order valence-corrected chi connectivity index (χ1v) is 8.77. The van der Waals surface area contributed by atoms with Crippen LogP contribution in [0.1, 0.15) is 20.9 Å². The third kappa shape index (κ3) is 3.70. The Balaban J connectivity index is 1.71. The number of nitrogens with one attached hydrogen (secondary N) is 3. The Morgan fingerprint density at radius 3 is 2.64 bits per heavy atom. The molecular weight excluding hydrogens is 354 g/mol. The van der Waals surface area contributed by atoms with Gasteiger partial charge in [0.2, 0.25) is 0 Å². The van der Waals surface area contributed by atoms with E-state index in [4.69, 9.17) is 18.0 Å². The number of thiocarbonyl (C=S) groups is 1. The molecule has 0 saturated carbocycles. The van der Waals surface area contributed by atoms with Gasteiger partial charge in [0.25, 0.3) is 5.91 Å². The summed E-state index contributed by atoms with van der Waals surface area (Å²) in [6, 6.07) is 11.4. The zero-order valence-electron chi connectivity index (χ0n) is 13.7. The SMILES string of the molecule is Cc1cc(C)c2c(N)c(C(=O)NNC(=S)Nc3ccccc3)sc2n1. The first-order valence-electron chi connectivity index (χ1n) is 7.54. The minimum Gasteiger partial charge on any atom is -0.397 e. The summed E-state index contributed by atoms with van der Waals surface area (Å²) >= 11 is 6.43. The molecule has 0 atom stereocenters. The van der Waals surface area contributed by atoms with E-state index in [0.717, 1.165) is 27.2 Å². The summed E-state index contributed by atoms with van der Waals surface area (Å²) in [7, 11) is 0. The number of fused-ring (bicyclic) bond motifs is 1. The third-order valence-corrected chi connectivity index (χ3v) is 4.85. The van der Waals surface area contributed by atoms with Gasteiger partial charge in [0.15, 0.2) is 5.11 Å². The summed E-state index contributed by atoms with van der Waals surface area (Å²) in [6.07, 6.45) is 0. The second-order valence-electron chi connectivity index (χ2n) is 5.50. The van der Waals surface area contributed by atoms with Gasteiger partial charge in [-0.25, -0.2) is 4.98 Å². The molecule has 25 heavy (non-hydrogen) atoms. The van der Waals surface area contributed by atoms with Crippen LogP contribution in [0.15, 0.2) is 36.4 Å². The Morgan fingerprint density at radius 2 is 1.92 bits per heavy atom. The van der Waals surface area contributed by atoms with E-state index in [1.165, 1.54) is 11.3 Å². The number of aryl methyl sites for hydroxylation is 2. The van der Waals surface area contributed by atoms with Gasteiger partial charge in [0.1, 0.15) is 9.71 Å². The molecule has 0 unspecified atom stereocenters. The largest absolute Gasteiger partial charge is 0.397 e. The average molecular weight is 371 g/mol. The molecule has 2 heterocycles. The van der Waals surface area contributed by atoms with E-state index in [-0.39, 0.29) is 11.0 Å². The zero-order chi connectivity index (χ0) is 18.0. The third-order valence-electron chi connectivity index (χ3n) is 3.55. The van der Waals surface area contributed by atoms with E-state index >= 15 is 0 Å². The summed E-state index contributed by atoms with van der Waals surface area (Å²) < 4.78 is 0. The van der Waals surface area contributed by atoms with Crippen LogP contribution < -0.4 is 21.9 Å². The minimum absolute atomic E-state index is 0.282. The number of para-hydroxylation sites is 1. The first-order chi connectivity index (χ1) is 12.0. The number of rotatable bonds is 2. The van der Waals surface area contributed by atoms with Crippen LogP contribution in [0.3, 0.4) is 0 Å².